The largest absolute Gasteiger partial charge is 0.481 e. The van der Waals surface area contributed by atoms with Gasteiger partial charge in [0.05, 0.1) is 11.3 Å². The Labute approximate surface area is 200 Å². The molecule has 1 amide bonds. The summed E-state index contributed by atoms with van der Waals surface area (Å²) in [6.45, 7) is -0.880. The summed E-state index contributed by atoms with van der Waals surface area (Å²) >= 11 is 1.28. The molecule has 1 aromatic heterocycles. The standard InChI is InChI=1S/C26H19N3O4S/c27-14-21-8-4-5-9-23(21)32-16-25(31)33-15-24(30)29-26-28-22(17-34-26)20-12-10-19(11-13-20)18-6-2-1-3-7-18/h1-13,17H,15-16H2,(H,28,29,30). The summed E-state index contributed by atoms with van der Waals surface area (Å²) in [5.74, 6) is -0.953. The molecule has 0 saturated heterocycles. The number of aromatic nitrogens is 1. The van der Waals surface area contributed by atoms with Crippen molar-refractivity contribution in [1.82, 2.24) is 4.98 Å². The van der Waals surface area contributed by atoms with Crippen LogP contribution in [0, 0.1) is 11.3 Å². The molecular formula is C26H19N3O4S. The highest BCUT2D eigenvalue weighted by Gasteiger charge is 2.12. The molecule has 34 heavy (non-hydrogen) atoms. The number of nitrogens with zero attached hydrogens (tertiary/aromatic N) is 2. The Morgan fingerprint density at radius 2 is 1.56 bits per heavy atom. The van der Waals surface area contributed by atoms with E-state index in [1.165, 1.54) is 11.3 Å². The zero-order chi connectivity index (χ0) is 23.8. The van der Waals surface area contributed by atoms with Crippen LogP contribution in [0.15, 0.2) is 84.2 Å². The molecule has 0 bridgehead atoms. The molecule has 0 aliphatic rings. The van der Waals surface area contributed by atoms with Crippen LogP contribution in [0.2, 0.25) is 0 Å². The van der Waals surface area contributed by atoms with Gasteiger partial charge in [-0.25, -0.2) is 9.78 Å². The summed E-state index contributed by atoms with van der Waals surface area (Å²) in [7, 11) is 0. The molecule has 4 aromatic rings. The van der Waals surface area contributed by atoms with Crippen molar-refractivity contribution in [3.63, 3.8) is 0 Å². The zero-order valence-corrected chi connectivity index (χ0v) is 18.7. The number of esters is 1. The third-order valence-electron chi connectivity index (χ3n) is 4.76. The predicted molar refractivity (Wildman–Crippen MR) is 129 cm³/mol. The van der Waals surface area contributed by atoms with Crippen LogP contribution in [0.4, 0.5) is 5.13 Å². The molecule has 1 heterocycles. The number of rotatable bonds is 8. The van der Waals surface area contributed by atoms with Gasteiger partial charge < -0.3 is 9.47 Å². The second kappa shape index (κ2) is 10.9. The Bertz CT molecular complexity index is 1330. The van der Waals surface area contributed by atoms with Crippen molar-refractivity contribution in [2.24, 2.45) is 0 Å². The van der Waals surface area contributed by atoms with E-state index in [1.807, 2.05) is 53.9 Å². The van der Waals surface area contributed by atoms with Crippen LogP contribution in [0.1, 0.15) is 5.56 Å². The topological polar surface area (TPSA) is 101 Å². The summed E-state index contributed by atoms with van der Waals surface area (Å²) in [5.41, 5.74) is 4.21. The Hall–Kier alpha value is -4.48. The highest BCUT2D eigenvalue weighted by Crippen LogP contribution is 2.27. The van der Waals surface area contributed by atoms with Crippen molar-refractivity contribution in [1.29, 1.82) is 5.26 Å². The molecule has 0 aliphatic carbocycles. The molecule has 0 atom stereocenters. The van der Waals surface area contributed by atoms with Crippen LogP contribution >= 0.6 is 11.3 Å². The Kier molecular flexibility index (Phi) is 7.28. The first-order valence-electron chi connectivity index (χ1n) is 10.3. The molecule has 4 rings (SSSR count). The lowest BCUT2D eigenvalue weighted by Crippen LogP contribution is -2.23. The lowest BCUT2D eigenvalue weighted by atomic mass is 10.0. The smallest absolute Gasteiger partial charge is 0.344 e. The molecule has 8 heteroatoms. The van der Waals surface area contributed by atoms with Gasteiger partial charge in [-0.05, 0) is 23.3 Å². The van der Waals surface area contributed by atoms with E-state index in [9.17, 15) is 9.59 Å². The van der Waals surface area contributed by atoms with Crippen molar-refractivity contribution < 1.29 is 19.1 Å². The lowest BCUT2D eigenvalue weighted by Gasteiger charge is -2.07. The van der Waals surface area contributed by atoms with Gasteiger partial charge in [-0.15, -0.1) is 11.3 Å². The number of anilines is 1. The second-order valence-corrected chi connectivity index (χ2v) is 7.94. The van der Waals surface area contributed by atoms with Crippen molar-refractivity contribution >= 4 is 28.3 Å². The molecule has 3 aromatic carbocycles. The third kappa shape index (κ3) is 5.85. The maximum absolute atomic E-state index is 12.1. The second-order valence-electron chi connectivity index (χ2n) is 7.09. The Balaban J connectivity index is 1.26. The molecule has 0 aliphatic heterocycles. The highest BCUT2D eigenvalue weighted by atomic mass is 32.1. The van der Waals surface area contributed by atoms with Gasteiger partial charge in [-0.1, -0.05) is 66.7 Å². The number of benzene rings is 3. The maximum Gasteiger partial charge on any atom is 0.344 e. The summed E-state index contributed by atoms with van der Waals surface area (Å²) in [4.78, 5) is 28.4. The SMILES string of the molecule is N#Cc1ccccc1OCC(=O)OCC(=O)Nc1nc(-c2ccc(-c3ccccc3)cc2)cs1. The molecule has 168 valence electrons. The number of nitrogens with one attached hydrogen (secondary N) is 1. The summed E-state index contributed by atoms with van der Waals surface area (Å²) in [6.07, 6.45) is 0. The van der Waals surface area contributed by atoms with Gasteiger partial charge in [0, 0.05) is 10.9 Å². The summed E-state index contributed by atoms with van der Waals surface area (Å²) < 4.78 is 10.2. The number of para-hydroxylation sites is 1. The van der Waals surface area contributed by atoms with Gasteiger partial charge in [0.15, 0.2) is 18.3 Å². The molecule has 0 spiro atoms. The minimum Gasteiger partial charge on any atom is -0.481 e. The fraction of sp³-hybridized carbons (Fsp3) is 0.0769. The number of thiazole rings is 1. The Morgan fingerprint density at radius 3 is 2.32 bits per heavy atom. The molecule has 1 N–H and O–H groups in total. The fourth-order valence-electron chi connectivity index (χ4n) is 3.09. The number of carbonyl (C=O) groups excluding carboxylic acids is 2. The van der Waals surface area contributed by atoms with Crippen LogP contribution in [0.25, 0.3) is 22.4 Å². The quantitative estimate of drug-likeness (QED) is 0.368. The minimum absolute atomic E-state index is 0.276. The maximum atomic E-state index is 12.1. The van der Waals surface area contributed by atoms with Crippen molar-refractivity contribution in [3.05, 3.63) is 89.8 Å². The van der Waals surface area contributed by atoms with Crippen molar-refractivity contribution in [2.45, 2.75) is 0 Å². The average Bonchev–Trinajstić information content (AvgIpc) is 3.35. The van der Waals surface area contributed by atoms with E-state index in [1.54, 1.807) is 24.3 Å². The highest BCUT2D eigenvalue weighted by molar-refractivity contribution is 7.14. The summed E-state index contributed by atoms with van der Waals surface area (Å²) in [5, 5.41) is 13.9. The number of carbonyl (C=O) groups is 2. The van der Waals surface area contributed by atoms with Gasteiger partial charge in [0.25, 0.3) is 5.91 Å². The van der Waals surface area contributed by atoms with Crippen LogP contribution in [0.3, 0.4) is 0 Å². The Morgan fingerprint density at radius 1 is 0.882 bits per heavy atom. The zero-order valence-electron chi connectivity index (χ0n) is 17.9. The van der Waals surface area contributed by atoms with Crippen LogP contribution in [0.5, 0.6) is 5.75 Å². The number of ether oxygens (including phenoxy) is 2. The molecule has 0 radical (unpaired) electrons. The van der Waals surface area contributed by atoms with Crippen LogP contribution in [-0.2, 0) is 14.3 Å². The lowest BCUT2D eigenvalue weighted by molar-refractivity contribution is -0.149. The van der Waals surface area contributed by atoms with E-state index in [2.05, 4.69) is 22.4 Å². The van der Waals surface area contributed by atoms with Crippen LogP contribution < -0.4 is 10.1 Å². The van der Waals surface area contributed by atoms with Gasteiger partial charge in [-0.2, -0.15) is 5.26 Å². The normalized spacial score (nSPS) is 10.2. The summed E-state index contributed by atoms with van der Waals surface area (Å²) in [6, 6.07) is 26.6. The van der Waals surface area contributed by atoms with Gasteiger partial charge >= 0.3 is 5.97 Å². The number of hydrogen-bond acceptors (Lipinski definition) is 7. The first kappa shape index (κ1) is 22.7. The molecule has 0 fully saturated rings. The van der Waals surface area contributed by atoms with Crippen LogP contribution in [-0.4, -0.2) is 30.1 Å². The van der Waals surface area contributed by atoms with E-state index in [4.69, 9.17) is 14.7 Å². The predicted octanol–water partition coefficient (Wildman–Crippen LogP) is 4.91. The molecular weight excluding hydrogens is 450 g/mol. The number of amides is 1. The monoisotopic (exact) mass is 469 g/mol. The van der Waals surface area contributed by atoms with E-state index >= 15 is 0 Å². The number of nitriles is 1. The van der Waals surface area contributed by atoms with Crippen molar-refractivity contribution in [2.75, 3.05) is 18.5 Å². The third-order valence-corrected chi connectivity index (χ3v) is 5.51. The molecule has 0 saturated carbocycles. The van der Waals surface area contributed by atoms with E-state index in [0.717, 1.165) is 22.4 Å². The van der Waals surface area contributed by atoms with E-state index in [0.29, 0.717) is 10.7 Å². The van der Waals surface area contributed by atoms with Gasteiger partial charge in [-0.3, -0.25) is 10.1 Å². The minimum atomic E-state index is -0.721. The van der Waals surface area contributed by atoms with Crippen molar-refractivity contribution in [3.8, 4) is 34.2 Å². The van der Waals surface area contributed by atoms with E-state index in [-0.39, 0.29) is 5.75 Å². The average molecular weight is 470 g/mol. The number of hydrogen-bond donors (Lipinski definition) is 1. The first-order chi connectivity index (χ1) is 16.6. The molecule has 0 unspecified atom stereocenters. The van der Waals surface area contributed by atoms with E-state index < -0.39 is 25.1 Å². The van der Waals surface area contributed by atoms with Gasteiger partial charge in [0.1, 0.15) is 11.8 Å². The van der Waals surface area contributed by atoms with Gasteiger partial charge in [0.2, 0.25) is 0 Å². The first-order valence-corrected chi connectivity index (χ1v) is 11.2. The fourth-order valence-corrected chi connectivity index (χ4v) is 3.83. The molecule has 7 nitrogen and oxygen atoms in total.